The highest BCUT2D eigenvalue weighted by atomic mass is 19.1. The number of aromatic nitrogens is 1. The van der Waals surface area contributed by atoms with Crippen molar-refractivity contribution in [3.05, 3.63) is 70.4 Å². The van der Waals surface area contributed by atoms with Gasteiger partial charge in [-0.3, -0.25) is 4.79 Å². The number of rotatable bonds is 4. The molecule has 0 saturated heterocycles. The molecule has 0 aliphatic carbocycles. The summed E-state index contributed by atoms with van der Waals surface area (Å²) in [5.74, 6) is -1.44. The molecule has 0 bridgehead atoms. The van der Waals surface area contributed by atoms with Crippen LogP contribution in [0, 0.1) is 18.6 Å². The van der Waals surface area contributed by atoms with Gasteiger partial charge in [0.1, 0.15) is 11.6 Å². The molecule has 4 rings (SSSR count). The van der Waals surface area contributed by atoms with Crippen molar-refractivity contribution in [1.29, 1.82) is 0 Å². The Hall–Kier alpha value is -3.19. The number of H-pyrrole nitrogens is 1. The maximum Gasteiger partial charge on any atom is 0.253 e. The predicted molar refractivity (Wildman–Crippen MR) is 99.4 cm³/mol. The topological polar surface area (TPSA) is 74.3 Å². The van der Waals surface area contributed by atoms with Crippen LogP contribution in [0.4, 0.5) is 8.78 Å². The number of aryl methyl sites for hydroxylation is 1. The molecule has 2 heterocycles. The van der Waals surface area contributed by atoms with Crippen LogP contribution in [0.25, 0.3) is 11.3 Å². The minimum atomic E-state index is -0.818. The summed E-state index contributed by atoms with van der Waals surface area (Å²) < 4.78 is 33.0. The number of carbonyl (C=O) groups excluding carboxylic acids is 1. The van der Waals surface area contributed by atoms with E-state index in [0.717, 1.165) is 23.4 Å². The Morgan fingerprint density at radius 1 is 1.14 bits per heavy atom. The lowest BCUT2D eigenvalue weighted by Crippen LogP contribution is -2.31. The van der Waals surface area contributed by atoms with Gasteiger partial charge in [0.05, 0.1) is 17.9 Å². The zero-order valence-corrected chi connectivity index (χ0v) is 15.1. The Kier molecular flexibility index (Phi) is 4.60. The normalized spacial score (nSPS) is 13.2. The lowest BCUT2D eigenvalue weighted by Gasteiger charge is -2.17. The van der Waals surface area contributed by atoms with Gasteiger partial charge in [0.25, 0.3) is 5.91 Å². The van der Waals surface area contributed by atoms with Gasteiger partial charge in [-0.05, 0) is 48.7 Å². The quantitative estimate of drug-likeness (QED) is 0.640. The lowest BCUT2D eigenvalue weighted by molar-refractivity contribution is 0.0946. The molecule has 28 heavy (non-hydrogen) atoms. The molecule has 1 aliphatic heterocycles. The minimum Gasteiger partial charge on any atom is -0.454 e. The summed E-state index contributed by atoms with van der Waals surface area (Å²) in [4.78, 5) is 15.5. The predicted octanol–water partition coefficient (Wildman–Crippen LogP) is 3.84. The van der Waals surface area contributed by atoms with Crippen molar-refractivity contribution >= 4 is 5.91 Å². The van der Waals surface area contributed by atoms with Crippen molar-refractivity contribution in [3.63, 3.8) is 0 Å². The Balaban J connectivity index is 1.85. The minimum absolute atomic E-state index is 0.116. The monoisotopic (exact) mass is 384 g/mol. The number of nitrogens with one attached hydrogen (secondary N) is 2. The Labute approximate surface area is 160 Å². The van der Waals surface area contributed by atoms with E-state index in [-0.39, 0.29) is 18.3 Å². The molecule has 0 atom stereocenters. The van der Waals surface area contributed by atoms with Gasteiger partial charge in [-0.25, -0.2) is 8.78 Å². The summed E-state index contributed by atoms with van der Waals surface area (Å²) in [6, 6.07) is 8.10. The van der Waals surface area contributed by atoms with E-state index in [1.165, 1.54) is 6.07 Å². The summed E-state index contributed by atoms with van der Waals surface area (Å²) in [5.41, 5.74) is 4.08. The SMILES string of the molecule is Cc1[nH]c(-c2cc(CO)ccc2Oc2ccc(F)cc2F)c2c1C(=O)NCC2. The van der Waals surface area contributed by atoms with Gasteiger partial charge >= 0.3 is 0 Å². The van der Waals surface area contributed by atoms with E-state index in [2.05, 4.69) is 10.3 Å². The van der Waals surface area contributed by atoms with Gasteiger partial charge < -0.3 is 20.1 Å². The summed E-state index contributed by atoms with van der Waals surface area (Å²) in [6.07, 6.45) is 0.633. The van der Waals surface area contributed by atoms with Crippen molar-refractivity contribution in [2.24, 2.45) is 0 Å². The van der Waals surface area contributed by atoms with Crippen LogP contribution in [0.5, 0.6) is 11.5 Å². The summed E-state index contributed by atoms with van der Waals surface area (Å²) in [5, 5.41) is 12.4. The Bertz CT molecular complexity index is 1080. The first-order chi connectivity index (χ1) is 13.5. The molecule has 3 N–H and O–H groups in total. The molecular formula is C21H18F2N2O3. The van der Waals surface area contributed by atoms with Gasteiger partial charge in [0.15, 0.2) is 11.6 Å². The third-order valence-corrected chi connectivity index (χ3v) is 4.79. The van der Waals surface area contributed by atoms with Gasteiger partial charge in [0.2, 0.25) is 0 Å². The van der Waals surface area contributed by atoms with Gasteiger partial charge in [0, 0.05) is 23.9 Å². The zero-order valence-electron chi connectivity index (χ0n) is 15.1. The molecule has 144 valence electrons. The third-order valence-electron chi connectivity index (χ3n) is 4.79. The number of ether oxygens (including phenoxy) is 1. The number of benzene rings is 2. The average molecular weight is 384 g/mol. The van der Waals surface area contributed by atoms with Crippen LogP contribution in [0.3, 0.4) is 0 Å². The van der Waals surface area contributed by atoms with E-state index in [9.17, 15) is 18.7 Å². The maximum atomic E-state index is 14.1. The van der Waals surface area contributed by atoms with Gasteiger partial charge in [-0.2, -0.15) is 0 Å². The molecule has 2 aromatic carbocycles. The second kappa shape index (κ2) is 7.09. The van der Waals surface area contributed by atoms with Crippen LogP contribution in [0.1, 0.15) is 27.2 Å². The molecule has 0 fully saturated rings. The van der Waals surface area contributed by atoms with E-state index in [4.69, 9.17) is 4.74 Å². The highest BCUT2D eigenvalue weighted by Crippen LogP contribution is 2.39. The lowest BCUT2D eigenvalue weighted by atomic mass is 9.96. The molecule has 1 amide bonds. The van der Waals surface area contributed by atoms with Crippen LogP contribution in [0.15, 0.2) is 36.4 Å². The average Bonchev–Trinajstić information content (AvgIpc) is 3.02. The zero-order chi connectivity index (χ0) is 19.8. The first-order valence-electron chi connectivity index (χ1n) is 8.84. The fraction of sp³-hybridized carbons (Fsp3) is 0.190. The highest BCUT2D eigenvalue weighted by molar-refractivity contribution is 6.00. The number of fused-ring (bicyclic) bond motifs is 1. The Morgan fingerprint density at radius 2 is 1.93 bits per heavy atom. The van der Waals surface area contributed by atoms with Crippen molar-refractivity contribution in [2.45, 2.75) is 20.0 Å². The highest BCUT2D eigenvalue weighted by Gasteiger charge is 2.26. The van der Waals surface area contributed by atoms with Crippen molar-refractivity contribution in [3.8, 4) is 22.8 Å². The molecule has 1 aromatic heterocycles. The number of aliphatic hydroxyl groups is 1. The van der Waals surface area contributed by atoms with E-state index >= 15 is 0 Å². The fourth-order valence-corrected chi connectivity index (χ4v) is 3.49. The van der Waals surface area contributed by atoms with E-state index in [1.807, 2.05) is 6.92 Å². The number of aromatic amines is 1. The van der Waals surface area contributed by atoms with Crippen LogP contribution in [0.2, 0.25) is 0 Å². The third kappa shape index (κ3) is 3.14. The number of halogens is 2. The van der Waals surface area contributed by atoms with Crippen molar-refractivity contribution < 1.29 is 23.4 Å². The molecule has 0 radical (unpaired) electrons. The summed E-state index contributed by atoms with van der Waals surface area (Å²) in [6.45, 7) is 2.14. The second-order valence-corrected chi connectivity index (χ2v) is 6.65. The number of aliphatic hydroxyl groups excluding tert-OH is 1. The van der Waals surface area contributed by atoms with Gasteiger partial charge in [-0.15, -0.1) is 0 Å². The fourth-order valence-electron chi connectivity index (χ4n) is 3.49. The Morgan fingerprint density at radius 3 is 2.68 bits per heavy atom. The first-order valence-corrected chi connectivity index (χ1v) is 8.84. The molecule has 1 aliphatic rings. The molecule has 0 spiro atoms. The van der Waals surface area contributed by atoms with Crippen LogP contribution in [-0.2, 0) is 13.0 Å². The molecule has 7 heteroatoms. The van der Waals surface area contributed by atoms with Crippen molar-refractivity contribution in [1.82, 2.24) is 10.3 Å². The number of carbonyl (C=O) groups is 1. The number of hydrogen-bond donors (Lipinski definition) is 3. The van der Waals surface area contributed by atoms with Gasteiger partial charge in [-0.1, -0.05) is 6.07 Å². The number of hydrogen-bond acceptors (Lipinski definition) is 3. The molecule has 0 saturated carbocycles. The van der Waals surface area contributed by atoms with E-state index < -0.39 is 11.6 Å². The molecule has 3 aromatic rings. The van der Waals surface area contributed by atoms with Crippen LogP contribution in [-0.4, -0.2) is 22.5 Å². The standard InChI is InChI=1S/C21H18F2N2O3/c1-11-19-14(6-7-24-21(19)27)20(25-11)15-8-12(10-26)2-4-17(15)28-18-5-3-13(22)9-16(18)23/h2-5,8-9,25-26H,6-7,10H2,1H3,(H,24,27). The van der Waals surface area contributed by atoms with Crippen molar-refractivity contribution in [2.75, 3.05) is 6.54 Å². The summed E-state index contributed by atoms with van der Waals surface area (Å²) in [7, 11) is 0. The first kappa shape index (κ1) is 18.2. The maximum absolute atomic E-state index is 14.1. The summed E-state index contributed by atoms with van der Waals surface area (Å²) >= 11 is 0. The van der Waals surface area contributed by atoms with Crippen LogP contribution >= 0.6 is 0 Å². The smallest absolute Gasteiger partial charge is 0.253 e. The molecular weight excluding hydrogens is 366 g/mol. The number of amides is 1. The van der Waals surface area contributed by atoms with E-state index in [1.54, 1.807) is 18.2 Å². The molecule has 0 unspecified atom stereocenters. The second-order valence-electron chi connectivity index (χ2n) is 6.65. The van der Waals surface area contributed by atoms with E-state index in [0.29, 0.717) is 41.1 Å². The van der Waals surface area contributed by atoms with Crippen LogP contribution < -0.4 is 10.1 Å². The largest absolute Gasteiger partial charge is 0.454 e. The molecule has 5 nitrogen and oxygen atoms in total.